The Hall–Kier alpha value is -1.70. The van der Waals surface area contributed by atoms with Crippen molar-refractivity contribution in [3.05, 3.63) is 28.2 Å². The summed E-state index contributed by atoms with van der Waals surface area (Å²) in [5, 5.41) is 10.9. The Bertz CT molecular complexity index is 531. The topological polar surface area (TPSA) is 69.6 Å². The Labute approximate surface area is 129 Å². The summed E-state index contributed by atoms with van der Waals surface area (Å²) in [6, 6.07) is 0.752. The van der Waals surface area contributed by atoms with Crippen molar-refractivity contribution in [3.63, 3.8) is 0 Å². The number of carboxylic acid groups (broad SMARTS) is 1. The average Bonchev–Trinajstić information content (AvgIpc) is 2.38. The fourth-order valence-corrected chi connectivity index (χ4v) is 2.04. The third kappa shape index (κ3) is 4.66. The van der Waals surface area contributed by atoms with E-state index in [1.807, 2.05) is 0 Å². The molecular weight excluding hydrogens is 350 g/mol. The van der Waals surface area contributed by atoms with E-state index in [9.17, 15) is 18.4 Å². The maximum absolute atomic E-state index is 13.7. The van der Waals surface area contributed by atoms with Gasteiger partial charge in [0.1, 0.15) is 12.2 Å². The van der Waals surface area contributed by atoms with Gasteiger partial charge in [-0.15, -0.1) is 0 Å². The van der Waals surface area contributed by atoms with E-state index < -0.39 is 35.9 Å². The molecule has 5 nitrogen and oxygen atoms in total. The first-order valence-corrected chi connectivity index (χ1v) is 6.99. The van der Waals surface area contributed by atoms with E-state index in [0.717, 1.165) is 17.0 Å². The molecule has 8 heteroatoms. The lowest BCUT2D eigenvalue weighted by molar-refractivity contribution is -0.138. The van der Waals surface area contributed by atoms with Crippen molar-refractivity contribution in [2.75, 3.05) is 11.9 Å². The molecule has 0 radical (unpaired) electrons. The largest absolute Gasteiger partial charge is 0.480 e. The Balaban J connectivity index is 2.99. The molecule has 0 heterocycles. The first kappa shape index (κ1) is 17.4. The summed E-state index contributed by atoms with van der Waals surface area (Å²) in [6.45, 7) is 2.87. The lowest BCUT2D eigenvalue weighted by atomic mass is 10.2. The van der Waals surface area contributed by atoms with E-state index in [2.05, 4.69) is 21.2 Å². The van der Waals surface area contributed by atoms with Crippen molar-refractivity contribution in [2.24, 2.45) is 0 Å². The molecule has 0 spiro atoms. The second kappa shape index (κ2) is 7.35. The fourth-order valence-electron chi connectivity index (χ4n) is 1.63. The molecule has 0 aromatic heterocycles. The van der Waals surface area contributed by atoms with Gasteiger partial charge in [-0.2, -0.15) is 0 Å². The Morgan fingerprint density at radius 1 is 1.38 bits per heavy atom. The van der Waals surface area contributed by atoms with Gasteiger partial charge in [0, 0.05) is 10.5 Å². The second-order valence-electron chi connectivity index (χ2n) is 4.45. The minimum absolute atomic E-state index is 0.194. The van der Waals surface area contributed by atoms with E-state index in [4.69, 9.17) is 5.11 Å². The molecular formula is C13H15BrF2N2O3. The first-order valence-electron chi connectivity index (χ1n) is 6.20. The molecule has 0 aliphatic heterocycles. The van der Waals surface area contributed by atoms with Crippen molar-refractivity contribution in [1.29, 1.82) is 0 Å². The molecule has 0 saturated heterocycles. The number of amides is 2. The molecule has 1 aromatic rings. The van der Waals surface area contributed by atoms with Crippen LogP contribution in [0.1, 0.15) is 20.3 Å². The number of halogens is 3. The van der Waals surface area contributed by atoms with E-state index in [1.165, 1.54) is 0 Å². The molecule has 0 fully saturated rings. The average molecular weight is 365 g/mol. The molecule has 1 aromatic carbocycles. The normalized spacial score (nSPS) is 11.9. The standard InChI is InChI=1S/C13H15BrF2N2O3/c1-3-7(2)18(6-11(19)20)13(21)17-12-9(15)4-8(14)5-10(12)16/h4-5,7H,3,6H2,1-2H3,(H,17,21)(H,19,20). The van der Waals surface area contributed by atoms with Gasteiger partial charge >= 0.3 is 12.0 Å². The van der Waals surface area contributed by atoms with Crippen LogP contribution >= 0.6 is 15.9 Å². The van der Waals surface area contributed by atoms with Gasteiger partial charge in [0.15, 0.2) is 11.6 Å². The highest BCUT2D eigenvalue weighted by Crippen LogP contribution is 2.24. The third-order valence-electron chi connectivity index (χ3n) is 2.93. The van der Waals surface area contributed by atoms with Crippen LogP contribution in [0.4, 0.5) is 19.3 Å². The van der Waals surface area contributed by atoms with Crippen LogP contribution in [-0.2, 0) is 4.79 Å². The van der Waals surface area contributed by atoms with Crippen LogP contribution in [0.2, 0.25) is 0 Å². The minimum atomic E-state index is -1.21. The summed E-state index contributed by atoms with van der Waals surface area (Å²) in [7, 11) is 0. The van der Waals surface area contributed by atoms with Crippen molar-refractivity contribution < 1.29 is 23.5 Å². The molecule has 116 valence electrons. The number of rotatable bonds is 5. The maximum Gasteiger partial charge on any atom is 0.323 e. The van der Waals surface area contributed by atoms with Crippen LogP contribution in [0.3, 0.4) is 0 Å². The molecule has 0 bridgehead atoms. The van der Waals surface area contributed by atoms with Crippen LogP contribution in [0.15, 0.2) is 16.6 Å². The molecule has 1 unspecified atom stereocenters. The number of benzene rings is 1. The number of anilines is 1. The molecule has 0 saturated carbocycles. The SMILES string of the molecule is CCC(C)N(CC(=O)O)C(=O)Nc1c(F)cc(Br)cc1F. The number of carbonyl (C=O) groups excluding carboxylic acids is 1. The summed E-state index contributed by atoms with van der Waals surface area (Å²) in [6.07, 6.45) is 0.506. The van der Waals surface area contributed by atoms with Crippen LogP contribution in [0.25, 0.3) is 0 Å². The second-order valence-corrected chi connectivity index (χ2v) is 5.37. The quantitative estimate of drug-likeness (QED) is 0.840. The van der Waals surface area contributed by atoms with E-state index in [-0.39, 0.29) is 10.5 Å². The number of urea groups is 1. The molecule has 1 rings (SSSR count). The fraction of sp³-hybridized carbons (Fsp3) is 0.385. The molecule has 0 aliphatic rings. The number of nitrogens with one attached hydrogen (secondary N) is 1. The lowest BCUT2D eigenvalue weighted by Gasteiger charge is -2.27. The zero-order valence-electron chi connectivity index (χ0n) is 11.5. The summed E-state index contributed by atoms with van der Waals surface area (Å²) in [5.41, 5.74) is -0.609. The number of carbonyl (C=O) groups is 2. The number of aliphatic carboxylic acids is 1. The summed E-state index contributed by atoms with van der Waals surface area (Å²) >= 11 is 2.93. The predicted molar refractivity (Wildman–Crippen MR) is 77.2 cm³/mol. The van der Waals surface area contributed by atoms with Crippen molar-refractivity contribution in [2.45, 2.75) is 26.3 Å². The maximum atomic E-state index is 13.7. The number of carboxylic acids is 1. The highest BCUT2D eigenvalue weighted by molar-refractivity contribution is 9.10. The lowest BCUT2D eigenvalue weighted by Crippen LogP contribution is -2.44. The van der Waals surface area contributed by atoms with Crippen LogP contribution in [0, 0.1) is 11.6 Å². The monoisotopic (exact) mass is 364 g/mol. The van der Waals surface area contributed by atoms with Crippen LogP contribution in [0.5, 0.6) is 0 Å². The van der Waals surface area contributed by atoms with E-state index in [0.29, 0.717) is 6.42 Å². The predicted octanol–water partition coefficient (Wildman–Crippen LogP) is 3.44. The van der Waals surface area contributed by atoms with E-state index >= 15 is 0 Å². The molecule has 1 atom stereocenters. The Kier molecular flexibility index (Phi) is 6.07. The smallest absolute Gasteiger partial charge is 0.323 e. The summed E-state index contributed by atoms with van der Waals surface area (Å²) < 4.78 is 27.5. The highest BCUT2D eigenvalue weighted by atomic mass is 79.9. The van der Waals surface area contributed by atoms with Crippen molar-refractivity contribution in [1.82, 2.24) is 4.90 Å². The molecule has 2 N–H and O–H groups in total. The summed E-state index contributed by atoms with van der Waals surface area (Å²) in [4.78, 5) is 23.8. The number of nitrogens with zero attached hydrogens (tertiary/aromatic N) is 1. The zero-order chi connectivity index (χ0) is 16.2. The van der Waals surface area contributed by atoms with Gasteiger partial charge < -0.3 is 15.3 Å². The number of hydrogen-bond acceptors (Lipinski definition) is 2. The zero-order valence-corrected chi connectivity index (χ0v) is 13.1. The first-order chi connectivity index (χ1) is 9.76. The van der Waals surface area contributed by atoms with Crippen LogP contribution in [-0.4, -0.2) is 34.6 Å². The van der Waals surface area contributed by atoms with Gasteiger partial charge in [-0.25, -0.2) is 13.6 Å². The molecule has 2 amide bonds. The van der Waals surface area contributed by atoms with Crippen molar-refractivity contribution in [3.8, 4) is 0 Å². The van der Waals surface area contributed by atoms with Crippen LogP contribution < -0.4 is 5.32 Å². The summed E-state index contributed by atoms with van der Waals surface area (Å²) in [5.74, 6) is -3.11. The highest BCUT2D eigenvalue weighted by Gasteiger charge is 2.23. The van der Waals surface area contributed by atoms with Gasteiger partial charge in [-0.05, 0) is 25.5 Å². The van der Waals surface area contributed by atoms with Gasteiger partial charge in [0.05, 0.1) is 0 Å². The Morgan fingerprint density at radius 2 is 1.90 bits per heavy atom. The Morgan fingerprint density at radius 3 is 2.33 bits per heavy atom. The van der Waals surface area contributed by atoms with Gasteiger partial charge in [-0.1, -0.05) is 22.9 Å². The van der Waals surface area contributed by atoms with Gasteiger partial charge in [0.2, 0.25) is 0 Å². The van der Waals surface area contributed by atoms with E-state index in [1.54, 1.807) is 13.8 Å². The van der Waals surface area contributed by atoms with Crippen molar-refractivity contribution >= 4 is 33.6 Å². The molecule has 21 heavy (non-hydrogen) atoms. The minimum Gasteiger partial charge on any atom is -0.480 e. The number of hydrogen-bond donors (Lipinski definition) is 2. The third-order valence-corrected chi connectivity index (χ3v) is 3.39. The molecule has 0 aliphatic carbocycles. The van der Waals surface area contributed by atoms with Gasteiger partial charge in [-0.3, -0.25) is 4.79 Å². The van der Waals surface area contributed by atoms with Gasteiger partial charge in [0.25, 0.3) is 0 Å².